The number of nitrogens with one attached hydrogen (secondary N) is 1. The van der Waals surface area contributed by atoms with Gasteiger partial charge in [0.25, 0.3) is 6.01 Å². The molecule has 1 amide bonds. The zero-order chi connectivity index (χ0) is 29.6. The monoisotopic (exact) mass is 565 g/mol. The van der Waals surface area contributed by atoms with Crippen LogP contribution < -0.4 is 15.8 Å². The van der Waals surface area contributed by atoms with Gasteiger partial charge in [-0.25, -0.2) is 4.98 Å². The number of benzene rings is 1. The highest BCUT2D eigenvalue weighted by Gasteiger charge is 2.50. The van der Waals surface area contributed by atoms with Gasteiger partial charge in [0, 0.05) is 24.7 Å². The molecule has 0 bridgehead atoms. The lowest BCUT2D eigenvalue weighted by molar-refractivity contribution is -0.134. The molecule has 10 nitrogen and oxygen atoms in total. The first-order chi connectivity index (χ1) is 19.6. The van der Waals surface area contributed by atoms with E-state index >= 15 is 0 Å². The van der Waals surface area contributed by atoms with Crippen LogP contribution in [0.4, 0.5) is 6.01 Å². The molecule has 0 spiro atoms. The van der Waals surface area contributed by atoms with Crippen molar-refractivity contribution in [2.24, 2.45) is 11.8 Å². The first kappa shape index (κ1) is 30.2. The van der Waals surface area contributed by atoms with Gasteiger partial charge in [-0.3, -0.25) is 19.2 Å². The minimum Gasteiger partial charge on any atom is -0.497 e. The van der Waals surface area contributed by atoms with Crippen molar-refractivity contribution >= 4 is 29.3 Å². The van der Waals surface area contributed by atoms with Crippen molar-refractivity contribution in [2.75, 3.05) is 19.5 Å². The highest BCUT2D eigenvalue weighted by Crippen LogP contribution is 2.35. The van der Waals surface area contributed by atoms with Gasteiger partial charge in [-0.1, -0.05) is 30.7 Å². The summed E-state index contributed by atoms with van der Waals surface area (Å²) in [5.74, 6) is -1.14. The number of amides is 1. The standard InChI is InChI=1S/C31H39N3O7/c1-19(12-23(35)16-25-17-33-30(32)41-25)29(38)34-26(14-21-8-10-24(39-3)11-9-21)27(36)15-22(13-20-6-4-5-7-20)28(37)31(2)18-40-31/h6,8-11,17,19,22,26H,4-5,7,12-16,18H2,1-3H3,(H2,32,33)(H,34,38). The molecule has 10 heteroatoms. The van der Waals surface area contributed by atoms with Crippen molar-refractivity contribution < 1.29 is 33.1 Å². The molecule has 0 radical (unpaired) electrons. The van der Waals surface area contributed by atoms with Crippen LogP contribution in [0.2, 0.25) is 0 Å². The number of rotatable bonds is 16. The van der Waals surface area contributed by atoms with Crippen LogP contribution in [-0.4, -0.2) is 53.6 Å². The maximum Gasteiger partial charge on any atom is 0.292 e. The fourth-order valence-corrected chi connectivity index (χ4v) is 5.23. The second-order valence-corrected chi connectivity index (χ2v) is 11.3. The molecule has 2 heterocycles. The van der Waals surface area contributed by atoms with E-state index in [1.165, 1.54) is 11.8 Å². The summed E-state index contributed by atoms with van der Waals surface area (Å²) in [6.07, 6.45) is 7.18. The van der Waals surface area contributed by atoms with Gasteiger partial charge in [-0.2, -0.15) is 0 Å². The first-order valence-electron chi connectivity index (χ1n) is 14.1. The van der Waals surface area contributed by atoms with E-state index in [0.29, 0.717) is 24.5 Å². The van der Waals surface area contributed by atoms with Crippen LogP contribution in [0.15, 0.2) is 46.5 Å². The van der Waals surface area contributed by atoms with E-state index < -0.39 is 29.4 Å². The number of ether oxygens (including phenoxy) is 2. The summed E-state index contributed by atoms with van der Waals surface area (Å²) in [6.45, 7) is 3.76. The van der Waals surface area contributed by atoms with Crippen LogP contribution in [0.3, 0.4) is 0 Å². The van der Waals surface area contributed by atoms with Crippen molar-refractivity contribution in [3.63, 3.8) is 0 Å². The number of hydrogen-bond acceptors (Lipinski definition) is 9. The van der Waals surface area contributed by atoms with Gasteiger partial charge in [0.15, 0.2) is 11.6 Å². The molecule has 220 valence electrons. The van der Waals surface area contributed by atoms with Gasteiger partial charge in [-0.05, 0) is 56.7 Å². The Kier molecular flexibility index (Phi) is 9.75. The molecule has 4 unspecified atom stereocenters. The van der Waals surface area contributed by atoms with Gasteiger partial charge in [0.1, 0.15) is 22.9 Å². The highest BCUT2D eigenvalue weighted by atomic mass is 16.6. The highest BCUT2D eigenvalue weighted by molar-refractivity contribution is 5.97. The summed E-state index contributed by atoms with van der Waals surface area (Å²) in [6, 6.07) is 6.37. The molecule has 41 heavy (non-hydrogen) atoms. The fraction of sp³-hybridized carbons (Fsp3) is 0.516. The summed E-state index contributed by atoms with van der Waals surface area (Å²) in [5, 5.41) is 2.87. The molecule has 1 fully saturated rings. The molecule has 4 rings (SSSR count). The fourth-order valence-electron chi connectivity index (χ4n) is 5.23. The quantitative estimate of drug-likeness (QED) is 0.230. The number of carbonyl (C=O) groups excluding carboxylic acids is 4. The zero-order valence-corrected chi connectivity index (χ0v) is 23.9. The van der Waals surface area contributed by atoms with E-state index in [-0.39, 0.29) is 49.0 Å². The predicted octanol–water partition coefficient (Wildman–Crippen LogP) is 3.56. The number of anilines is 1. The minimum atomic E-state index is -0.872. The topological polar surface area (TPSA) is 154 Å². The van der Waals surface area contributed by atoms with Gasteiger partial charge in [0.05, 0.1) is 32.4 Å². The molecule has 2 aromatic rings. The molecule has 1 aromatic heterocycles. The minimum absolute atomic E-state index is 0.00352. The van der Waals surface area contributed by atoms with Gasteiger partial charge >= 0.3 is 0 Å². The van der Waals surface area contributed by atoms with Crippen molar-refractivity contribution in [2.45, 2.75) is 76.9 Å². The molecular formula is C31H39N3O7. The number of carbonyl (C=O) groups is 4. The van der Waals surface area contributed by atoms with Gasteiger partial charge in [-0.15, -0.1) is 0 Å². The number of aromatic nitrogens is 1. The largest absolute Gasteiger partial charge is 0.497 e. The van der Waals surface area contributed by atoms with Crippen LogP contribution in [0.25, 0.3) is 0 Å². The van der Waals surface area contributed by atoms with Crippen LogP contribution in [0.1, 0.15) is 63.7 Å². The van der Waals surface area contributed by atoms with Crippen molar-refractivity contribution in [3.05, 3.63) is 53.4 Å². The third-order valence-corrected chi connectivity index (χ3v) is 7.79. The second kappa shape index (κ2) is 13.2. The van der Waals surface area contributed by atoms with Crippen LogP contribution in [0.5, 0.6) is 5.75 Å². The van der Waals surface area contributed by atoms with E-state index in [2.05, 4.69) is 16.4 Å². The van der Waals surface area contributed by atoms with Gasteiger partial charge < -0.3 is 24.9 Å². The number of Topliss-reactive ketones (excluding diaryl/α,β-unsaturated/α-hetero) is 3. The molecule has 0 saturated carbocycles. The number of allylic oxidation sites excluding steroid dienone is 2. The Morgan fingerprint density at radius 3 is 2.46 bits per heavy atom. The third kappa shape index (κ3) is 8.36. The number of hydrogen-bond donors (Lipinski definition) is 2. The van der Waals surface area contributed by atoms with Crippen molar-refractivity contribution in [1.82, 2.24) is 10.3 Å². The number of nitrogens with zero attached hydrogens (tertiary/aromatic N) is 1. The molecule has 1 aromatic carbocycles. The van der Waals surface area contributed by atoms with E-state index in [1.807, 2.05) is 12.1 Å². The number of methoxy groups -OCH3 is 1. The summed E-state index contributed by atoms with van der Waals surface area (Å²) in [4.78, 5) is 56.7. The smallest absolute Gasteiger partial charge is 0.292 e. The summed E-state index contributed by atoms with van der Waals surface area (Å²) in [7, 11) is 1.57. The Balaban J connectivity index is 1.46. The van der Waals surface area contributed by atoms with E-state index in [1.54, 1.807) is 33.1 Å². The summed E-state index contributed by atoms with van der Waals surface area (Å²) < 4.78 is 15.8. The molecule has 1 aliphatic heterocycles. The number of oxazole rings is 1. The van der Waals surface area contributed by atoms with E-state index in [4.69, 9.17) is 19.6 Å². The van der Waals surface area contributed by atoms with Crippen LogP contribution >= 0.6 is 0 Å². The average molecular weight is 566 g/mol. The third-order valence-electron chi connectivity index (χ3n) is 7.79. The molecule has 1 aliphatic carbocycles. The zero-order valence-electron chi connectivity index (χ0n) is 23.9. The lowest BCUT2D eigenvalue weighted by Gasteiger charge is -2.24. The van der Waals surface area contributed by atoms with Crippen molar-refractivity contribution in [1.29, 1.82) is 0 Å². The molecule has 1 saturated heterocycles. The van der Waals surface area contributed by atoms with Crippen LogP contribution in [0, 0.1) is 11.8 Å². The average Bonchev–Trinajstić information content (AvgIpc) is 3.28. The van der Waals surface area contributed by atoms with Crippen LogP contribution in [-0.2, 0) is 36.8 Å². The number of ketones is 3. The Morgan fingerprint density at radius 1 is 1.15 bits per heavy atom. The summed E-state index contributed by atoms with van der Waals surface area (Å²) in [5.41, 5.74) is 6.64. The van der Waals surface area contributed by atoms with Crippen molar-refractivity contribution in [3.8, 4) is 5.75 Å². The van der Waals surface area contributed by atoms with E-state index in [0.717, 1.165) is 24.8 Å². The number of nitrogens with two attached hydrogens (primary N) is 1. The Hall–Kier alpha value is -3.79. The van der Waals surface area contributed by atoms with Gasteiger partial charge in [0.2, 0.25) is 5.91 Å². The number of epoxide rings is 1. The summed E-state index contributed by atoms with van der Waals surface area (Å²) >= 11 is 0. The van der Waals surface area contributed by atoms with E-state index in [9.17, 15) is 19.2 Å². The normalized spacial score (nSPS) is 20.0. The molecular weight excluding hydrogens is 526 g/mol. The molecule has 2 aliphatic rings. The SMILES string of the molecule is COc1ccc(CC(NC(=O)C(C)CC(=O)Cc2cnc(N)o2)C(=O)CC(CC2=CCCC2)C(=O)C2(C)CO2)cc1. The second-order valence-electron chi connectivity index (χ2n) is 11.3. The first-order valence-corrected chi connectivity index (χ1v) is 14.1. The lowest BCUT2D eigenvalue weighted by atomic mass is 9.83. The molecule has 3 N–H and O–H groups in total. The predicted molar refractivity (Wildman–Crippen MR) is 151 cm³/mol. The Bertz CT molecular complexity index is 1290. The maximum absolute atomic E-state index is 13.8. The lowest BCUT2D eigenvalue weighted by Crippen LogP contribution is -2.46. The maximum atomic E-state index is 13.8. The molecule has 4 atom stereocenters. The Morgan fingerprint density at radius 2 is 1.88 bits per heavy atom. The Labute approximate surface area is 240 Å². The number of nitrogen functional groups attached to an aromatic ring is 1.